The SMILES string of the molecule is CCN[C@H](C)CNC(=O)c1cccc(-c2nc(C)cs2)c1. The number of nitrogens with one attached hydrogen (secondary N) is 2. The van der Waals surface area contributed by atoms with Crippen molar-refractivity contribution in [2.75, 3.05) is 13.1 Å². The molecule has 1 aromatic heterocycles. The normalized spacial score (nSPS) is 12.1. The van der Waals surface area contributed by atoms with Gasteiger partial charge < -0.3 is 10.6 Å². The number of hydrogen-bond donors (Lipinski definition) is 2. The number of carbonyl (C=O) groups is 1. The van der Waals surface area contributed by atoms with E-state index in [-0.39, 0.29) is 11.9 Å². The van der Waals surface area contributed by atoms with E-state index in [0.29, 0.717) is 12.1 Å². The molecule has 4 nitrogen and oxygen atoms in total. The largest absolute Gasteiger partial charge is 0.350 e. The van der Waals surface area contributed by atoms with E-state index in [1.807, 2.05) is 36.6 Å². The molecule has 5 heteroatoms. The molecule has 0 spiro atoms. The molecule has 0 radical (unpaired) electrons. The second-order valence-corrected chi connectivity index (χ2v) is 5.90. The van der Waals surface area contributed by atoms with Crippen molar-refractivity contribution in [3.63, 3.8) is 0 Å². The van der Waals surface area contributed by atoms with E-state index in [1.54, 1.807) is 11.3 Å². The topological polar surface area (TPSA) is 54.0 Å². The molecular weight excluding hydrogens is 282 g/mol. The van der Waals surface area contributed by atoms with Crippen LogP contribution in [-0.4, -0.2) is 30.0 Å². The van der Waals surface area contributed by atoms with Crippen LogP contribution in [0, 0.1) is 6.92 Å². The number of nitrogens with zero attached hydrogens (tertiary/aromatic N) is 1. The smallest absolute Gasteiger partial charge is 0.251 e. The van der Waals surface area contributed by atoms with E-state index < -0.39 is 0 Å². The molecule has 0 saturated carbocycles. The van der Waals surface area contributed by atoms with E-state index >= 15 is 0 Å². The summed E-state index contributed by atoms with van der Waals surface area (Å²) in [4.78, 5) is 16.6. The molecule has 0 aliphatic heterocycles. The van der Waals surface area contributed by atoms with Crippen LogP contribution in [0.15, 0.2) is 29.6 Å². The van der Waals surface area contributed by atoms with Crippen LogP contribution in [0.1, 0.15) is 29.9 Å². The van der Waals surface area contributed by atoms with Crippen LogP contribution in [0.25, 0.3) is 10.6 Å². The molecular formula is C16H21N3OS. The lowest BCUT2D eigenvalue weighted by molar-refractivity contribution is 0.0950. The minimum absolute atomic E-state index is 0.0464. The van der Waals surface area contributed by atoms with Crippen molar-refractivity contribution in [3.8, 4) is 10.6 Å². The number of carbonyl (C=O) groups excluding carboxylic acids is 1. The van der Waals surface area contributed by atoms with Gasteiger partial charge in [-0.2, -0.15) is 0 Å². The summed E-state index contributed by atoms with van der Waals surface area (Å²) in [6.45, 7) is 7.60. The lowest BCUT2D eigenvalue weighted by Crippen LogP contribution is -2.38. The highest BCUT2D eigenvalue weighted by Gasteiger charge is 2.09. The summed E-state index contributed by atoms with van der Waals surface area (Å²) in [6.07, 6.45) is 0. The first-order valence-corrected chi connectivity index (χ1v) is 8.02. The number of rotatable bonds is 6. The highest BCUT2D eigenvalue weighted by Crippen LogP contribution is 2.24. The zero-order valence-electron chi connectivity index (χ0n) is 12.6. The maximum Gasteiger partial charge on any atom is 0.251 e. The Morgan fingerprint density at radius 3 is 2.90 bits per heavy atom. The van der Waals surface area contributed by atoms with Gasteiger partial charge in [0.15, 0.2) is 0 Å². The molecule has 1 amide bonds. The van der Waals surface area contributed by atoms with Gasteiger partial charge in [0, 0.05) is 34.8 Å². The Morgan fingerprint density at radius 2 is 2.24 bits per heavy atom. The Balaban J connectivity index is 2.05. The lowest BCUT2D eigenvalue weighted by atomic mass is 10.1. The third kappa shape index (κ3) is 4.37. The number of amides is 1. The standard InChI is InChI=1S/C16H21N3OS/c1-4-17-11(2)9-18-15(20)13-6-5-7-14(8-13)16-19-12(3)10-21-16/h5-8,10-11,17H,4,9H2,1-3H3,(H,18,20)/t11-/m1/s1. The molecule has 0 aliphatic carbocycles. The summed E-state index contributed by atoms with van der Waals surface area (Å²) < 4.78 is 0. The van der Waals surface area contributed by atoms with E-state index in [0.717, 1.165) is 22.8 Å². The van der Waals surface area contributed by atoms with Gasteiger partial charge in [0.1, 0.15) is 5.01 Å². The molecule has 0 fully saturated rings. The molecule has 0 aliphatic rings. The summed E-state index contributed by atoms with van der Waals surface area (Å²) in [5, 5.41) is 9.18. The van der Waals surface area contributed by atoms with Crippen molar-refractivity contribution in [1.29, 1.82) is 0 Å². The summed E-state index contributed by atoms with van der Waals surface area (Å²) in [7, 11) is 0. The predicted octanol–water partition coefficient (Wildman–Crippen LogP) is 2.85. The van der Waals surface area contributed by atoms with Gasteiger partial charge in [-0.25, -0.2) is 4.98 Å². The van der Waals surface area contributed by atoms with Crippen LogP contribution < -0.4 is 10.6 Å². The molecule has 1 atom stereocenters. The van der Waals surface area contributed by atoms with E-state index in [4.69, 9.17) is 0 Å². The Bertz CT molecular complexity index is 609. The monoisotopic (exact) mass is 303 g/mol. The van der Waals surface area contributed by atoms with E-state index in [9.17, 15) is 4.79 Å². The second kappa shape index (κ2) is 7.33. The third-order valence-electron chi connectivity index (χ3n) is 3.11. The minimum atomic E-state index is -0.0464. The highest BCUT2D eigenvalue weighted by atomic mass is 32.1. The molecule has 1 heterocycles. The zero-order valence-corrected chi connectivity index (χ0v) is 13.5. The molecule has 0 saturated heterocycles. The highest BCUT2D eigenvalue weighted by molar-refractivity contribution is 7.13. The quantitative estimate of drug-likeness (QED) is 0.863. The number of aromatic nitrogens is 1. The van der Waals surface area contributed by atoms with Crippen LogP contribution >= 0.6 is 11.3 Å². The fraction of sp³-hybridized carbons (Fsp3) is 0.375. The average Bonchev–Trinajstić information content (AvgIpc) is 2.92. The molecule has 1 aromatic carbocycles. The van der Waals surface area contributed by atoms with Gasteiger partial charge in [-0.05, 0) is 32.5 Å². The van der Waals surface area contributed by atoms with Gasteiger partial charge in [-0.1, -0.05) is 19.1 Å². The third-order valence-corrected chi connectivity index (χ3v) is 4.12. The van der Waals surface area contributed by atoms with Crippen LogP contribution in [-0.2, 0) is 0 Å². The van der Waals surface area contributed by atoms with E-state index in [2.05, 4.69) is 29.5 Å². The summed E-state index contributed by atoms with van der Waals surface area (Å²) in [6, 6.07) is 7.87. The Hall–Kier alpha value is -1.72. The lowest BCUT2D eigenvalue weighted by Gasteiger charge is -2.13. The fourth-order valence-corrected chi connectivity index (χ4v) is 2.84. The molecule has 2 N–H and O–H groups in total. The number of likely N-dealkylation sites (N-methyl/N-ethyl adjacent to an activating group) is 1. The Kier molecular flexibility index (Phi) is 5.47. The molecule has 21 heavy (non-hydrogen) atoms. The van der Waals surface area contributed by atoms with Gasteiger partial charge in [-0.15, -0.1) is 11.3 Å². The van der Waals surface area contributed by atoms with Crippen molar-refractivity contribution in [1.82, 2.24) is 15.6 Å². The first-order chi connectivity index (χ1) is 10.1. The molecule has 0 bridgehead atoms. The number of aryl methyl sites for hydroxylation is 1. The van der Waals surface area contributed by atoms with Crippen molar-refractivity contribution >= 4 is 17.2 Å². The maximum absolute atomic E-state index is 12.2. The average molecular weight is 303 g/mol. The van der Waals surface area contributed by atoms with Crippen molar-refractivity contribution in [3.05, 3.63) is 40.9 Å². The Morgan fingerprint density at radius 1 is 1.43 bits per heavy atom. The van der Waals surface area contributed by atoms with Gasteiger partial charge in [0.05, 0.1) is 0 Å². The van der Waals surface area contributed by atoms with Gasteiger partial charge in [0.2, 0.25) is 0 Å². The number of hydrogen-bond acceptors (Lipinski definition) is 4. The molecule has 2 aromatic rings. The molecule has 0 unspecified atom stereocenters. The molecule has 2 rings (SSSR count). The van der Waals surface area contributed by atoms with Gasteiger partial charge in [0.25, 0.3) is 5.91 Å². The molecule has 112 valence electrons. The zero-order chi connectivity index (χ0) is 15.2. The van der Waals surface area contributed by atoms with Crippen molar-refractivity contribution < 1.29 is 4.79 Å². The summed E-state index contributed by atoms with van der Waals surface area (Å²) in [5.41, 5.74) is 2.66. The number of benzene rings is 1. The van der Waals surface area contributed by atoms with Gasteiger partial charge >= 0.3 is 0 Å². The maximum atomic E-state index is 12.2. The van der Waals surface area contributed by atoms with Gasteiger partial charge in [-0.3, -0.25) is 4.79 Å². The first kappa shape index (κ1) is 15.7. The summed E-state index contributed by atoms with van der Waals surface area (Å²) >= 11 is 1.60. The van der Waals surface area contributed by atoms with E-state index in [1.165, 1.54) is 0 Å². The van der Waals surface area contributed by atoms with Crippen molar-refractivity contribution in [2.45, 2.75) is 26.8 Å². The number of thiazole rings is 1. The van der Waals surface area contributed by atoms with Crippen LogP contribution in [0.4, 0.5) is 0 Å². The Labute approximate surface area is 129 Å². The second-order valence-electron chi connectivity index (χ2n) is 5.04. The first-order valence-electron chi connectivity index (χ1n) is 7.14. The van der Waals surface area contributed by atoms with Crippen molar-refractivity contribution in [2.24, 2.45) is 0 Å². The predicted molar refractivity (Wildman–Crippen MR) is 87.8 cm³/mol. The van der Waals surface area contributed by atoms with Crippen LogP contribution in [0.5, 0.6) is 0 Å². The van der Waals surface area contributed by atoms with Crippen LogP contribution in [0.2, 0.25) is 0 Å². The van der Waals surface area contributed by atoms with Crippen LogP contribution in [0.3, 0.4) is 0 Å². The fourth-order valence-electron chi connectivity index (χ4n) is 2.05. The summed E-state index contributed by atoms with van der Waals surface area (Å²) in [5.74, 6) is -0.0464. The minimum Gasteiger partial charge on any atom is -0.350 e.